The second kappa shape index (κ2) is 7.65. The molecule has 148 valence electrons. The van der Waals surface area contributed by atoms with Crippen LogP contribution in [0.5, 0.6) is 0 Å². The lowest BCUT2D eigenvalue weighted by Crippen LogP contribution is -2.38. The van der Waals surface area contributed by atoms with Crippen molar-refractivity contribution in [3.63, 3.8) is 0 Å². The average Bonchev–Trinajstić information content (AvgIpc) is 3.21. The quantitative estimate of drug-likeness (QED) is 0.591. The van der Waals surface area contributed by atoms with Crippen LogP contribution in [0.2, 0.25) is 0 Å². The van der Waals surface area contributed by atoms with Gasteiger partial charge in [0.2, 0.25) is 0 Å². The van der Waals surface area contributed by atoms with Gasteiger partial charge in [0.15, 0.2) is 6.29 Å². The van der Waals surface area contributed by atoms with E-state index < -0.39 is 37.1 Å². The summed E-state index contributed by atoms with van der Waals surface area (Å²) in [5, 5.41) is 47.1. The maximum Gasteiger partial charge on any atom is 0.181 e. The highest BCUT2D eigenvalue weighted by molar-refractivity contribution is 5.58. The van der Waals surface area contributed by atoms with Crippen molar-refractivity contribution in [3.05, 3.63) is 36.0 Å². The van der Waals surface area contributed by atoms with E-state index in [2.05, 4.69) is 43.2 Å². The van der Waals surface area contributed by atoms with Gasteiger partial charge >= 0.3 is 0 Å². The summed E-state index contributed by atoms with van der Waals surface area (Å²) in [7, 11) is 0. The van der Waals surface area contributed by atoms with Gasteiger partial charge in [0.05, 0.1) is 25.5 Å². The molecule has 0 radical (unpaired) electrons. The van der Waals surface area contributed by atoms with Crippen molar-refractivity contribution in [2.24, 2.45) is 5.92 Å². The average molecular weight is 377 g/mol. The highest BCUT2D eigenvalue weighted by Gasteiger charge is 2.46. The standard InChI is InChI=1S/C19H27N3O5/c1-19(2,3)12-6-4-11(5-7-12)14-9-22(21-20-14)8-13-16(25)18(26)27-17(13)15(24)10-23/h4-7,9,13,15-18,23-26H,8,10H2,1-3H3/t13-,15+,16+,17-,18+/m0/s1. The molecule has 0 amide bonds. The van der Waals surface area contributed by atoms with E-state index in [1.54, 1.807) is 10.9 Å². The van der Waals surface area contributed by atoms with Crippen LogP contribution >= 0.6 is 0 Å². The summed E-state index contributed by atoms with van der Waals surface area (Å²) < 4.78 is 6.72. The molecular weight excluding hydrogens is 350 g/mol. The van der Waals surface area contributed by atoms with E-state index in [0.717, 1.165) is 5.56 Å². The van der Waals surface area contributed by atoms with Gasteiger partial charge in [-0.3, -0.25) is 4.68 Å². The minimum atomic E-state index is -1.41. The fraction of sp³-hybridized carbons (Fsp3) is 0.579. The van der Waals surface area contributed by atoms with Crippen molar-refractivity contribution in [3.8, 4) is 11.3 Å². The van der Waals surface area contributed by atoms with Crippen LogP contribution in [0.25, 0.3) is 11.3 Å². The number of aromatic nitrogens is 3. The molecule has 2 heterocycles. The second-order valence-electron chi connectivity index (χ2n) is 8.05. The molecule has 8 nitrogen and oxygen atoms in total. The molecule has 0 bridgehead atoms. The zero-order chi connectivity index (χ0) is 19.8. The highest BCUT2D eigenvalue weighted by atomic mass is 16.6. The number of hydrogen-bond donors (Lipinski definition) is 4. The number of rotatable bonds is 5. The predicted octanol–water partition coefficient (Wildman–Crippen LogP) is 0.290. The molecule has 8 heteroatoms. The number of aliphatic hydroxyl groups excluding tert-OH is 4. The molecule has 1 saturated heterocycles. The molecule has 1 aromatic heterocycles. The normalized spacial score (nSPS) is 27.1. The Kier molecular flexibility index (Phi) is 5.64. The van der Waals surface area contributed by atoms with E-state index in [9.17, 15) is 15.3 Å². The maximum atomic E-state index is 10.1. The maximum absolute atomic E-state index is 10.1. The number of benzene rings is 1. The number of hydrogen-bond acceptors (Lipinski definition) is 7. The van der Waals surface area contributed by atoms with Crippen molar-refractivity contribution < 1.29 is 25.2 Å². The van der Waals surface area contributed by atoms with Gasteiger partial charge in [-0.05, 0) is 11.0 Å². The van der Waals surface area contributed by atoms with Crippen LogP contribution in [-0.2, 0) is 16.7 Å². The van der Waals surface area contributed by atoms with Crippen LogP contribution in [0.1, 0.15) is 26.3 Å². The van der Waals surface area contributed by atoms with Crippen molar-refractivity contribution >= 4 is 0 Å². The Bertz CT molecular complexity index is 755. The Morgan fingerprint density at radius 1 is 1.19 bits per heavy atom. The first-order valence-electron chi connectivity index (χ1n) is 9.02. The summed E-state index contributed by atoms with van der Waals surface area (Å²) in [4.78, 5) is 0. The largest absolute Gasteiger partial charge is 0.394 e. The molecule has 27 heavy (non-hydrogen) atoms. The van der Waals surface area contributed by atoms with Gasteiger partial charge in [-0.1, -0.05) is 50.3 Å². The van der Waals surface area contributed by atoms with Gasteiger partial charge in [-0.15, -0.1) is 5.10 Å². The van der Waals surface area contributed by atoms with Crippen molar-refractivity contribution in [2.45, 2.75) is 57.3 Å². The summed E-state index contributed by atoms with van der Waals surface area (Å²) in [6.45, 7) is 6.12. The van der Waals surface area contributed by atoms with Crippen molar-refractivity contribution in [2.75, 3.05) is 6.61 Å². The van der Waals surface area contributed by atoms with Crippen LogP contribution < -0.4 is 0 Å². The molecule has 1 aliphatic heterocycles. The predicted molar refractivity (Wildman–Crippen MR) is 97.6 cm³/mol. The van der Waals surface area contributed by atoms with Crippen molar-refractivity contribution in [1.29, 1.82) is 0 Å². The molecular formula is C19H27N3O5. The summed E-state index contributed by atoms with van der Waals surface area (Å²) >= 11 is 0. The fourth-order valence-electron chi connectivity index (χ4n) is 3.32. The lowest BCUT2D eigenvalue weighted by atomic mass is 9.86. The molecule has 4 N–H and O–H groups in total. The number of ether oxygens (including phenoxy) is 1. The monoisotopic (exact) mass is 377 g/mol. The third-order valence-corrected chi connectivity index (χ3v) is 5.00. The zero-order valence-electron chi connectivity index (χ0n) is 15.7. The summed E-state index contributed by atoms with van der Waals surface area (Å²) in [6, 6.07) is 8.11. The summed E-state index contributed by atoms with van der Waals surface area (Å²) in [5.41, 5.74) is 2.89. The van der Waals surface area contributed by atoms with E-state index in [-0.39, 0.29) is 12.0 Å². The zero-order valence-corrected chi connectivity index (χ0v) is 15.7. The fourth-order valence-corrected chi connectivity index (χ4v) is 3.32. The Balaban J connectivity index is 1.75. The van der Waals surface area contributed by atoms with Crippen LogP contribution in [0.3, 0.4) is 0 Å². The van der Waals surface area contributed by atoms with Gasteiger partial charge < -0.3 is 25.2 Å². The first kappa shape index (κ1) is 19.9. The summed E-state index contributed by atoms with van der Waals surface area (Å²) in [5.74, 6) is -0.625. The SMILES string of the molecule is CC(C)(C)c1ccc(-c2cn(C[C@H]3[C@@H](O)[C@H](O)O[C@@H]3[C@H](O)CO)nn2)cc1. The number of aliphatic hydroxyl groups is 4. The van der Waals surface area contributed by atoms with Gasteiger partial charge in [-0.2, -0.15) is 0 Å². The lowest BCUT2D eigenvalue weighted by molar-refractivity contribution is -0.149. The lowest BCUT2D eigenvalue weighted by Gasteiger charge is -2.22. The van der Waals surface area contributed by atoms with Crippen LogP contribution in [0, 0.1) is 5.92 Å². The first-order valence-corrected chi connectivity index (χ1v) is 9.02. The molecule has 1 aliphatic rings. The molecule has 3 rings (SSSR count). The molecule has 1 aromatic carbocycles. The third-order valence-electron chi connectivity index (χ3n) is 5.00. The highest BCUT2D eigenvalue weighted by Crippen LogP contribution is 2.30. The molecule has 0 unspecified atom stereocenters. The van der Waals surface area contributed by atoms with Gasteiger partial charge in [0.25, 0.3) is 0 Å². The molecule has 1 fully saturated rings. The van der Waals surface area contributed by atoms with Gasteiger partial charge in [0.1, 0.15) is 17.9 Å². The van der Waals surface area contributed by atoms with Crippen LogP contribution in [0.4, 0.5) is 0 Å². The topological polar surface area (TPSA) is 121 Å². The van der Waals surface area contributed by atoms with E-state index in [1.807, 2.05) is 12.1 Å². The van der Waals surface area contributed by atoms with E-state index in [4.69, 9.17) is 9.84 Å². The van der Waals surface area contributed by atoms with Crippen LogP contribution in [0.15, 0.2) is 30.5 Å². The second-order valence-corrected chi connectivity index (χ2v) is 8.05. The van der Waals surface area contributed by atoms with E-state index in [1.165, 1.54) is 5.56 Å². The molecule has 2 aromatic rings. The minimum Gasteiger partial charge on any atom is -0.394 e. The van der Waals surface area contributed by atoms with Gasteiger partial charge in [0, 0.05) is 11.5 Å². The van der Waals surface area contributed by atoms with E-state index in [0.29, 0.717) is 5.69 Å². The molecule has 0 aliphatic carbocycles. The Labute approximate surface area is 158 Å². The summed E-state index contributed by atoms with van der Waals surface area (Å²) in [6.07, 6.45) is -2.94. The Morgan fingerprint density at radius 3 is 2.44 bits per heavy atom. The Hall–Kier alpha value is -1.84. The molecule has 0 spiro atoms. The first-order chi connectivity index (χ1) is 12.7. The smallest absolute Gasteiger partial charge is 0.181 e. The van der Waals surface area contributed by atoms with Crippen molar-refractivity contribution in [1.82, 2.24) is 15.0 Å². The van der Waals surface area contributed by atoms with Gasteiger partial charge in [-0.25, -0.2) is 0 Å². The number of nitrogens with zero attached hydrogens (tertiary/aromatic N) is 3. The minimum absolute atomic E-state index is 0.0676. The van der Waals surface area contributed by atoms with E-state index >= 15 is 0 Å². The molecule has 0 saturated carbocycles. The molecule has 5 atom stereocenters. The Morgan fingerprint density at radius 2 is 1.85 bits per heavy atom. The third kappa shape index (κ3) is 4.20. The van der Waals surface area contributed by atoms with Crippen LogP contribution in [-0.4, -0.2) is 66.6 Å².